The van der Waals surface area contributed by atoms with Crippen LogP contribution >= 0.6 is 0 Å². The van der Waals surface area contributed by atoms with E-state index in [0.717, 1.165) is 12.8 Å². The Bertz CT molecular complexity index is 214. The highest BCUT2D eigenvalue weighted by Gasteiger charge is 2.52. The van der Waals surface area contributed by atoms with Crippen molar-refractivity contribution in [3.63, 3.8) is 0 Å². The molecule has 2 aliphatic heterocycles. The second-order valence-corrected chi connectivity index (χ2v) is 4.48. The lowest BCUT2D eigenvalue weighted by molar-refractivity contribution is 0.0474. The minimum absolute atomic E-state index is 0.0770. The highest BCUT2D eigenvalue weighted by Crippen LogP contribution is 2.42. The van der Waals surface area contributed by atoms with E-state index in [-0.39, 0.29) is 12.1 Å². The molecule has 3 atom stereocenters. The number of aliphatic hydroxyl groups is 1. The van der Waals surface area contributed by atoms with E-state index in [4.69, 9.17) is 4.74 Å². The first kappa shape index (κ1) is 10.3. The second kappa shape index (κ2) is 3.76. The SMILES string of the molecule is COCC1CCC2(CO)C[C@@H](F)CN12. The Morgan fingerprint density at radius 1 is 1.64 bits per heavy atom. The predicted octanol–water partition coefficient (Wildman–Crippen LogP) is 0.570. The van der Waals surface area contributed by atoms with Crippen LogP contribution in [0.25, 0.3) is 0 Å². The summed E-state index contributed by atoms with van der Waals surface area (Å²) in [5.74, 6) is 0. The number of ether oxygens (including phenoxy) is 1. The lowest BCUT2D eigenvalue weighted by Gasteiger charge is -2.32. The van der Waals surface area contributed by atoms with Crippen LogP contribution in [0, 0.1) is 0 Å². The van der Waals surface area contributed by atoms with E-state index in [1.807, 2.05) is 0 Å². The minimum atomic E-state index is -0.776. The molecule has 0 aliphatic carbocycles. The van der Waals surface area contributed by atoms with Crippen LogP contribution in [0.1, 0.15) is 19.3 Å². The molecule has 2 unspecified atom stereocenters. The maximum absolute atomic E-state index is 13.3. The van der Waals surface area contributed by atoms with Crippen LogP contribution in [0.2, 0.25) is 0 Å². The molecule has 2 saturated heterocycles. The standard InChI is InChI=1S/C10H18FNO2/c1-14-6-9-2-3-10(7-13)4-8(11)5-12(9)10/h8-9,13H,2-7H2,1H3/t8-,9?,10?/m1/s1. The maximum atomic E-state index is 13.3. The van der Waals surface area contributed by atoms with Crippen molar-refractivity contribution in [3.8, 4) is 0 Å². The summed E-state index contributed by atoms with van der Waals surface area (Å²) >= 11 is 0. The summed E-state index contributed by atoms with van der Waals surface area (Å²) in [7, 11) is 1.67. The number of fused-ring (bicyclic) bond motifs is 1. The lowest BCUT2D eigenvalue weighted by Crippen LogP contribution is -2.46. The molecule has 0 aromatic rings. The number of alkyl halides is 1. The van der Waals surface area contributed by atoms with E-state index >= 15 is 0 Å². The summed E-state index contributed by atoms with van der Waals surface area (Å²) in [4.78, 5) is 2.11. The summed E-state index contributed by atoms with van der Waals surface area (Å²) in [6.07, 6.45) is 1.63. The van der Waals surface area contributed by atoms with Gasteiger partial charge in [0.25, 0.3) is 0 Å². The van der Waals surface area contributed by atoms with Crippen LogP contribution in [0.15, 0.2) is 0 Å². The van der Waals surface area contributed by atoms with E-state index in [1.54, 1.807) is 7.11 Å². The molecule has 14 heavy (non-hydrogen) atoms. The van der Waals surface area contributed by atoms with Gasteiger partial charge in [0.15, 0.2) is 0 Å². The van der Waals surface area contributed by atoms with Gasteiger partial charge in [-0.25, -0.2) is 4.39 Å². The Labute approximate surface area is 83.8 Å². The van der Waals surface area contributed by atoms with Crippen molar-refractivity contribution in [1.82, 2.24) is 4.90 Å². The zero-order valence-electron chi connectivity index (χ0n) is 8.58. The van der Waals surface area contributed by atoms with Crippen LogP contribution in [-0.4, -0.2) is 54.6 Å². The van der Waals surface area contributed by atoms with Gasteiger partial charge in [-0.1, -0.05) is 0 Å². The third-order valence-electron chi connectivity index (χ3n) is 3.64. The van der Waals surface area contributed by atoms with Crippen molar-refractivity contribution in [2.45, 2.75) is 37.0 Å². The van der Waals surface area contributed by atoms with Gasteiger partial charge < -0.3 is 9.84 Å². The maximum Gasteiger partial charge on any atom is 0.115 e. The number of nitrogens with zero attached hydrogens (tertiary/aromatic N) is 1. The number of methoxy groups -OCH3 is 1. The first-order valence-corrected chi connectivity index (χ1v) is 5.22. The van der Waals surface area contributed by atoms with Gasteiger partial charge in [0.1, 0.15) is 6.17 Å². The van der Waals surface area contributed by atoms with E-state index in [1.165, 1.54) is 0 Å². The number of halogens is 1. The van der Waals surface area contributed by atoms with Crippen molar-refractivity contribution in [2.75, 3.05) is 26.9 Å². The summed E-state index contributed by atoms with van der Waals surface area (Å²) in [6.45, 7) is 1.19. The molecule has 82 valence electrons. The molecular formula is C10H18FNO2. The van der Waals surface area contributed by atoms with Crippen LogP contribution < -0.4 is 0 Å². The lowest BCUT2D eigenvalue weighted by atomic mass is 9.95. The molecule has 0 spiro atoms. The summed E-state index contributed by atoms with van der Waals surface area (Å²) in [6, 6.07) is 0.299. The average Bonchev–Trinajstić information content (AvgIpc) is 2.64. The molecule has 0 aromatic heterocycles. The third kappa shape index (κ3) is 1.45. The van der Waals surface area contributed by atoms with Gasteiger partial charge in [-0.15, -0.1) is 0 Å². The molecule has 0 radical (unpaired) electrons. The molecule has 2 fully saturated rings. The number of rotatable bonds is 3. The molecule has 3 nitrogen and oxygen atoms in total. The Kier molecular flexibility index (Phi) is 2.77. The fourth-order valence-electron chi connectivity index (χ4n) is 2.97. The van der Waals surface area contributed by atoms with Crippen LogP contribution in [0.4, 0.5) is 4.39 Å². The Morgan fingerprint density at radius 3 is 3.07 bits per heavy atom. The molecule has 0 saturated carbocycles. The van der Waals surface area contributed by atoms with Crippen molar-refractivity contribution in [1.29, 1.82) is 0 Å². The molecule has 0 aromatic carbocycles. The van der Waals surface area contributed by atoms with Crippen molar-refractivity contribution in [3.05, 3.63) is 0 Å². The molecule has 2 rings (SSSR count). The molecule has 1 N–H and O–H groups in total. The van der Waals surface area contributed by atoms with Gasteiger partial charge in [0.2, 0.25) is 0 Å². The largest absolute Gasteiger partial charge is 0.394 e. The smallest absolute Gasteiger partial charge is 0.115 e. The van der Waals surface area contributed by atoms with Crippen molar-refractivity contribution >= 4 is 0 Å². The van der Waals surface area contributed by atoms with Crippen molar-refractivity contribution in [2.24, 2.45) is 0 Å². The van der Waals surface area contributed by atoms with Gasteiger partial charge in [0, 0.05) is 31.7 Å². The van der Waals surface area contributed by atoms with Crippen LogP contribution in [0.5, 0.6) is 0 Å². The fourth-order valence-corrected chi connectivity index (χ4v) is 2.97. The topological polar surface area (TPSA) is 32.7 Å². The molecule has 2 heterocycles. The van der Waals surface area contributed by atoms with Crippen molar-refractivity contribution < 1.29 is 14.2 Å². The van der Waals surface area contributed by atoms with Gasteiger partial charge in [-0.05, 0) is 12.8 Å². The Balaban J connectivity index is 2.09. The molecular weight excluding hydrogens is 185 g/mol. The predicted molar refractivity (Wildman–Crippen MR) is 50.9 cm³/mol. The first-order valence-electron chi connectivity index (χ1n) is 5.22. The normalized spacial score (nSPS) is 43.1. The van der Waals surface area contributed by atoms with E-state index in [0.29, 0.717) is 25.6 Å². The zero-order chi connectivity index (χ0) is 10.2. The van der Waals surface area contributed by atoms with E-state index in [9.17, 15) is 9.50 Å². The van der Waals surface area contributed by atoms with Gasteiger partial charge >= 0.3 is 0 Å². The second-order valence-electron chi connectivity index (χ2n) is 4.48. The summed E-state index contributed by atoms with van der Waals surface area (Å²) in [5, 5.41) is 9.38. The number of aliphatic hydroxyl groups excluding tert-OH is 1. The van der Waals surface area contributed by atoms with Crippen LogP contribution in [-0.2, 0) is 4.74 Å². The molecule has 2 aliphatic rings. The quantitative estimate of drug-likeness (QED) is 0.728. The average molecular weight is 203 g/mol. The fraction of sp³-hybridized carbons (Fsp3) is 1.00. The molecule has 0 amide bonds. The summed E-state index contributed by atoms with van der Waals surface area (Å²) in [5.41, 5.74) is -0.275. The Hall–Kier alpha value is -0.190. The van der Waals surface area contributed by atoms with Gasteiger partial charge in [-0.3, -0.25) is 4.90 Å². The number of hydrogen-bond donors (Lipinski definition) is 1. The van der Waals surface area contributed by atoms with Crippen LogP contribution in [0.3, 0.4) is 0 Å². The zero-order valence-corrected chi connectivity index (χ0v) is 8.58. The Morgan fingerprint density at radius 2 is 2.43 bits per heavy atom. The first-order chi connectivity index (χ1) is 6.72. The third-order valence-corrected chi connectivity index (χ3v) is 3.64. The van der Waals surface area contributed by atoms with Gasteiger partial charge in [-0.2, -0.15) is 0 Å². The van der Waals surface area contributed by atoms with E-state index < -0.39 is 6.17 Å². The highest BCUT2D eigenvalue weighted by molar-refractivity contribution is 5.07. The number of hydrogen-bond acceptors (Lipinski definition) is 3. The molecule has 0 bridgehead atoms. The monoisotopic (exact) mass is 203 g/mol. The molecule has 4 heteroatoms. The summed E-state index contributed by atoms with van der Waals surface area (Å²) < 4.78 is 18.4. The van der Waals surface area contributed by atoms with E-state index in [2.05, 4.69) is 4.90 Å². The minimum Gasteiger partial charge on any atom is -0.394 e. The highest BCUT2D eigenvalue weighted by atomic mass is 19.1. The van der Waals surface area contributed by atoms with Gasteiger partial charge in [0.05, 0.1) is 13.2 Å².